The van der Waals surface area contributed by atoms with Crippen molar-refractivity contribution in [1.82, 2.24) is 0 Å². The van der Waals surface area contributed by atoms with E-state index in [1.165, 1.54) is 6.07 Å². The number of halogens is 2. The summed E-state index contributed by atoms with van der Waals surface area (Å²) in [4.78, 5) is 4.73. The first kappa shape index (κ1) is 21.7. The first-order chi connectivity index (χ1) is 15.6. The minimum atomic E-state index is -2.50. The zero-order chi connectivity index (χ0) is 23.4. The number of ether oxygens (including phenoxy) is 3. The van der Waals surface area contributed by atoms with Gasteiger partial charge < -0.3 is 19.9 Å². The van der Waals surface area contributed by atoms with Crippen molar-refractivity contribution in [2.24, 2.45) is 16.1 Å². The van der Waals surface area contributed by atoms with E-state index in [9.17, 15) is 8.78 Å². The lowest BCUT2D eigenvalue weighted by molar-refractivity contribution is 0.155. The molecule has 33 heavy (non-hydrogen) atoms. The molecule has 3 aromatic rings. The number of hydrogen-bond acceptors (Lipinski definition) is 6. The zero-order valence-corrected chi connectivity index (χ0v) is 19.3. The van der Waals surface area contributed by atoms with Crippen LogP contribution >= 0.6 is 11.3 Å². The van der Waals surface area contributed by atoms with E-state index in [0.29, 0.717) is 23.9 Å². The monoisotopic (exact) mass is 470 g/mol. The topological polar surface area (TPSA) is 66.1 Å². The van der Waals surface area contributed by atoms with Gasteiger partial charge in [0.15, 0.2) is 5.54 Å². The molecule has 8 heteroatoms. The minimum absolute atomic E-state index is 0.00224. The van der Waals surface area contributed by atoms with Gasteiger partial charge >= 0.3 is 0 Å². The van der Waals surface area contributed by atoms with E-state index in [0.717, 1.165) is 33.6 Å². The van der Waals surface area contributed by atoms with Crippen LogP contribution in [0.5, 0.6) is 17.2 Å². The molecule has 5 rings (SSSR count). The molecule has 5 nitrogen and oxygen atoms in total. The Morgan fingerprint density at radius 3 is 2.45 bits per heavy atom. The maximum absolute atomic E-state index is 13.1. The van der Waals surface area contributed by atoms with Crippen LogP contribution in [0.1, 0.15) is 43.2 Å². The van der Waals surface area contributed by atoms with Gasteiger partial charge in [0.2, 0.25) is 0 Å². The van der Waals surface area contributed by atoms with E-state index in [-0.39, 0.29) is 22.9 Å². The minimum Gasteiger partial charge on any atom is -0.493 e. The van der Waals surface area contributed by atoms with Crippen molar-refractivity contribution in [3.63, 3.8) is 0 Å². The number of aliphatic imine (C=N–C) groups is 1. The molecule has 0 radical (unpaired) electrons. The first-order valence-corrected chi connectivity index (χ1v) is 11.5. The maximum atomic E-state index is 13.1. The number of hydrogen-bond donors (Lipinski definition) is 1. The SMILES string of the molecule is CC(C)(C)COc1ccc2c(c1)[C@]1(COC(N)=N1)c1cc(-c3csc(C(F)F)c3)ccc1O2. The van der Waals surface area contributed by atoms with Crippen LogP contribution in [0.15, 0.2) is 52.8 Å². The van der Waals surface area contributed by atoms with Crippen molar-refractivity contribution < 1.29 is 23.0 Å². The highest BCUT2D eigenvalue weighted by Gasteiger charge is 2.47. The third-order valence-corrected chi connectivity index (χ3v) is 6.55. The molecule has 0 unspecified atom stereocenters. The molecule has 0 saturated carbocycles. The van der Waals surface area contributed by atoms with Gasteiger partial charge in [0.25, 0.3) is 12.4 Å². The van der Waals surface area contributed by atoms with Gasteiger partial charge in [-0.2, -0.15) is 0 Å². The Morgan fingerprint density at radius 2 is 1.82 bits per heavy atom. The number of alkyl halides is 2. The standard InChI is InChI=1S/C25H24F2N2O3S/c1-24(2,3)12-30-16-5-7-20-18(10-16)25(13-31-23(28)29-25)17-8-14(4-6-19(17)32-20)15-9-21(22(26)27)33-11-15/h4-11,22H,12-13H2,1-3H3,(H2,28,29)/t25-/m0/s1. The molecule has 1 spiro atoms. The zero-order valence-electron chi connectivity index (χ0n) is 18.5. The summed E-state index contributed by atoms with van der Waals surface area (Å²) < 4.78 is 44.1. The molecule has 3 heterocycles. The molecule has 2 aliphatic heterocycles. The molecule has 1 atom stereocenters. The number of amidine groups is 1. The van der Waals surface area contributed by atoms with Crippen molar-refractivity contribution in [2.75, 3.05) is 13.2 Å². The van der Waals surface area contributed by atoms with Crippen LogP contribution in [0, 0.1) is 5.41 Å². The van der Waals surface area contributed by atoms with Crippen molar-refractivity contribution in [3.8, 4) is 28.4 Å². The summed E-state index contributed by atoms with van der Waals surface area (Å²) in [6.45, 7) is 7.07. The van der Waals surface area contributed by atoms with Crippen LogP contribution in [0.2, 0.25) is 0 Å². The normalized spacial score (nSPS) is 19.0. The highest BCUT2D eigenvalue weighted by molar-refractivity contribution is 7.10. The fraction of sp³-hybridized carbons (Fsp3) is 0.320. The summed E-state index contributed by atoms with van der Waals surface area (Å²) in [6.07, 6.45) is -2.50. The molecule has 2 aliphatic rings. The van der Waals surface area contributed by atoms with Crippen molar-refractivity contribution in [1.29, 1.82) is 0 Å². The second-order valence-corrected chi connectivity index (χ2v) is 10.4. The van der Waals surface area contributed by atoms with Crippen molar-refractivity contribution >= 4 is 17.4 Å². The van der Waals surface area contributed by atoms with Gasteiger partial charge in [-0.1, -0.05) is 26.8 Å². The summed E-state index contributed by atoms with van der Waals surface area (Å²) in [6, 6.07) is 12.9. The average Bonchev–Trinajstić information content (AvgIpc) is 3.40. The molecule has 2 N–H and O–H groups in total. The highest BCUT2D eigenvalue weighted by Crippen LogP contribution is 2.52. The molecule has 0 saturated heterocycles. The van der Waals surface area contributed by atoms with Crippen LogP contribution in [0.25, 0.3) is 11.1 Å². The van der Waals surface area contributed by atoms with Gasteiger partial charge in [-0.25, -0.2) is 13.8 Å². The van der Waals surface area contributed by atoms with Crippen LogP contribution in [-0.4, -0.2) is 19.2 Å². The number of fused-ring (bicyclic) bond motifs is 4. The Balaban J connectivity index is 1.60. The fourth-order valence-corrected chi connectivity index (χ4v) is 4.79. The first-order valence-electron chi connectivity index (χ1n) is 10.6. The predicted molar refractivity (Wildman–Crippen MR) is 125 cm³/mol. The Labute approximate surface area is 194 Å². The van der Waals surface area contributed by atoms with Gasteiger partial charge in [-0.3, -0.25) is 0 Å². The maximum Gasteiger partial charge on any atom is 0.283 e. The summed E-state index contributed by atoms with van der Waals surface area (Å²) in [7, 11) is 0. The second-order valence-electron chi connectivity index (χ2n) is 9.46. The van der Waals surface area contributed by atoms with Crippen molar-refractivity contribution in [2.45, 2.75) is 32.7 Å². The molecule has 2 aromatic carbocycles. The van der Waals surface area contributed by atoms with Gasteiger partial charge in [-0.15, -0.1) is 11.3 Å². The number of rotatable bonds is 4. The highest BCUT2D eigenvalue weighted by atomic mass is 32.1. The quantitative estimate of drug-likeness (QED) is 0.474. The Morgan fingerprint density at radius 1 is 1.09 bits per heavy atom. The Kier molecular flexibility index (Phi) is 5.08. The molecule has 0 bridgehead atoms. The molecule has 1 aromatic heterocycles. The van der Waals surface area contributed by atoms with Crippen LogP contribution in [0.3, 0.4) is 0 Å². The lowest BCUT2D eigenvalue weighted by atomic mass is 9.80. The smallest absolute Gasteiger partial charge is 0.283 e. The van der Waals surface area contributed by atoms with Gasteiger partial charge in [-0.05, 0) is 58.3 Å². The Bertz CT molecular complexity index is 1250. The predicted octanol–water partition coefficient (Wildman–Crippen LogP) is 6.47. The Hall–Kier alpha value is -3.13. The second kappa shape index (κ2) is 7.73. The molecular formula is C25H24F2N2O3S. The average molecular weight is 471 g/mol. The number of nitrogens with zero attached hydrogens (tertiary/aromatic N) is 1. The van der Waals surface area contributed by atoms with Gasteiger partial charge in [0.1, 0.15) is 23.9 Å². The fourth-order valence-electron chi connectivity index (χ4n) is 4.02. The number of thiophene rings is 1. The van der Waals surface area contributed by atoms with E-state index < -0.39 is 12.0 Å². The molecule has 0 amide bonds. The number of benzene rings is 2. The third kappa shape index (κ3) is 3.93. The molecule has 0 fully saturated rings. The molecule has 0 aliphatic carbocycles. The lowest BCUT2D eigenvalue weighted by Gasteiger charge is -2.34. The van der Waals surface area contributed by atoms with E-state index in [4.69, 9.17) is 24.9 Å². The van der Waals surface area contributed by atoms with Gasteiger partial charge in [0, 0.05) is 11.1 Å². The van der Waals surface area contributed by atoms with E-state index in [1.807, 2.05) is 36.4 Å². The largest absolute Gasteiger partial charge is 0.493 e. The summed E-state index contributed by atoms with van der Waals surface area (Å²) in [5.41, 5.74) is 8.13. The van der Waals surface area contributed by atoms with E-state index >= 15 is 0 Å². The third-order valence-electron chi connectivity index (χ3n) is 5.61. The lowest BCUT2D eigenvalue weighted by Crippen LogP contribution is -2.31. The molecular weight excluding hydrogens is 446 g/mol. The van der Waals surface area contributed by atoms with Crippen LogP contribution in [0.4, 0.5) is 8.78 Å². The summed E-state index contributed by atoms with van der Waals surface area (Å²) in [5, 5.41) is 1.73. The summed E-state index contributed by atoms with van der Waals surface area (Å²) >= 11 is 1.04. The van der Waals surface area contributed by atoms with Crippen LogP contribution in [-0.2, 0) is 10.3 Å². The van der Waals surface area contributed by atoms with Gasteiger partial charge in [0.05, 0.1) is 11.5 Å². The van der Waals surface area contributed by atoms with E-state index in [2.05, 4.69) is 20.8 Å². The molecule has 172 valence electrons. The summed E-state index contributed by atoms with van der Waals surface area (Å²) in [5.74, 6) is 1.98. The van der Waals surface area contributed by atoms with Crippen LogP contribution < -0.4 is 15.2 Å². The van der Waals surface area contributed by atoms with E-state index in [1.54, 1.807) is 5.38 Å². The number of nitrogens with two attached hydrogens (primary N) is 1. The van der Waals surface area contributed by atoms with Crippen molar-refractivity contribution in [3.05, 3.63) is 63.8 Å².